The predicted octanol–water partition coefficient (Wildman–Crippen LogP) is 2.76. The molecule has 0 radical (unpaired) electrons. The summed E-state index contributed by atoms with van der Waals surface area (Å²) >= 11 is 5.17. The Hall–Kier alpha value is -0.920. The largest absolute Gasteiger partial charge is 0.407 e. The summed E-state index contributed by atoms with van der Waals surface area (Å²) in [5.41, 5.74) is 0. The standard InChI is InChI=1S/C11H13BrN4OS/c12-8-3-4-18-9(8)5-14-11-16-15-10(17-11)6-13-7-1-2-7/h3-4,7,13H,1-2,5-6H2,(H,14,16). The lowest BCUT2D eigenvalue weighted by Gasteiger charge is -1.99. The highest BCUT2D eigenvalue weighted by molar-refractivity contribution is 9.10. The lowest BCUT2D eigenvalue weighted by Crippen LogP contribution is -2.15. The lowest BCUT2D eigenvalue weighted by atomic mass is 10.5. The summed E-state index contributed by atoms with van der Waals surface area (Å²) in [6.07, 6.45) is 2.51. The highest BCUT2D eigenvalue weighted by Gasteiger charge is 2.21. The van der Waals surface area contributed by atoms with Crippen LogP contribution in [0.3, 0.4) is 0 Å². The van der Waals surface area contributed by atoms with Gasteiger partial charge in [0.1, 0.15) is 0 Å². The first-order valence-corrected chi connectivity index (χ1v) is 7.50. The molecule has 0 aliphatic heterocycles. The van der Waals surface area contributed by atoms with E-state index in [2.05, 4.69) is 36.8 Å². The highest BCUT2D eigenvalue weighted by atomic mass is 79.9. The van der Waals surface area contributed by atoms with E-state index >= 15 is 0 Å². The number of nitrogens with one attached hydrogen (secondary N) is 2. The van der Waals surface area contributed by atoms with Crippen molar-refractivity contribution in [3.63, 3.8) is 0 Å². The minimum atomic E-state index is 0.475. The Labute approximate surface area is 117 Å². The first-order valence-electron chi connectivity index (χ1n) is 5.83. The summed E-state index contributed by atoms with van der Waals surface area (Å²) < 4.78 is 6.60. The molecule has 0 saturated heterocycles. The van der Waals surface area contributed by atoms with Crippen LogP contribution in [0.4, 0.5) is 6.01 Å². The molecule has 2 heterocycles. The molecule has 0 spiro atoms. The van der Waals surface area contributed by atoms with Gasteiger partial charge in [0, 0.05) is 15.4 Å². The molecule has 18 heavy (non-hydrogen) atoms. The van der Waals surface area contributed by atoms with Gasteiger partial charge < -0.3 is 15.1 Å². The molecule has 1 aliphatic carbocycles. The number of hydrogen-bond donors (Lipinski definition) is 2. The smallest absolute Gasteiger partial charge is 0.315 e. The van der Waals surface area contributed by atoms with Crippen molar-refractivity contribution < 1.29 is 4.42 Å². The average molecular weight is 329 g/mol. The zero-order valence-corrected chi connectivity index (χ0v) is 12.1. The van der Waals surface area contributed by atoms with Crippen molar-refractivity contribution in [1.29, 1.82) is 0 Å². The predicted molar refractivity (Wildman–Crippen MR) is 73.5 cm³/mol. The summed E-state index contributed by atoms with van der Waals surface area (Å²) in [6.45, 7) is 1.35. The van der Waals surface area contributed by atoms with Crippen LogP contribution in [0.25, 0.3) is 0 Å². The van der Waals surface area contributed by atoms with Crippen LogP contribution >= 0.6 is 27.3 Å². The van der Waals surface area contributed by atoms with Gasteiger partial charge in [0.2, 0.25) is 5.89 Å². The molecule has 0 aromatic carbocycles. The molecule has 0 unspecified atom stereocenters. The highest BCUT2D eigenvalue weighted by Crippen LogP contribution is 2.23. The van der Waals surface area contributed by atoms with Crippen LogP contribution in [0.2, 0.25) is 0 Å². The molecule has 2 aromatic heterocycles. The fourth-order valence-corrected chi connectivity index (χ4v) is 2.95. The topological polar surface area (TPSA) is 63.0 Å². The molecule has 7 heteroatoms. The maximum Gasteiger partial charge on any atom is 0.315 e. The molecule has 3 rings (SSSR count). The van der Waals surface area contributed by atoms with E-state index in [1.807, 2.05) is 11.4 Å². The second-order valence-corrected chi connectivity index (χ2v) is 6.06. The van der Waals surface area contributed by atoms with Crippen molar-refractivity contribution in [2.45, 2.75) is 32.0 Å². The Morgan fingerprint density at radius 2 is 2.28 bits per heavy atom. The Kier molecular flexibility index (Phi) is 3.62. The minimum Gasteiger partial charge on any atom is -0.407 e. The molecule has 0 amide bonds. The zero-order chi connectivity index (χ0) is 12.4. The third-order valence-electron chi connectivity index (χ3n) is 2.68. The molecule has 5 nitrogen and oxygen atoms in total. The van der Waals surface area contributed by atoms with Gasteiger partial charge in [-0.05, 0) is 40.2 Å². The van der Waals surface area contributed by atoms with E-state index in [0.717, 1.165) is 4.47 Å². The summed E-state index contributed by atoms with van der Waals surface area (Å²) in [4.78, 5) is 1.21. The molecule has 1 saturated carbocycles. The number of halogens is 1. The fourth-order valence-electron chi connectivity index (χ4n) is 1.52. The summed E-state index contributed by atoms with van der Waals surface area (Å²) in [5, 5.41) is 16.5. The Morgan fingerprint density at radius 1 is 1.39 bits per heavy atom. The molecule has 2 N–H and O–H groups in total. The van der Waals surface area contributed by atoms with Gasteiger partial charge in [-0.25, -0.2) is 0 Å². The van der Waals surface area contributed by atoms with E-state index in [-0.39, 0.29) is 0 Å². The molecule has 1 fully saturated rings. The molecular formula is C11H13BrN4OS. The SMILES string of the molecule is Brc1ccsc1CNc1nnc(CNC2CC2)o1. The zero-order valence-electron chi connectivity index (χ0n) is 9.65. The van der Waals surface area contributed by atoms with Gasteiger partial charge in [-0.3, -0.25) is 0 Å². The van der Waals surface area contributed by atoms with Gasteiger partial charge >= 0.3 is 6.01 Å². The fraction of sp³-hybridized carbons (Fsp3) is 0.455. The number of aromatic nitrogens is 2. The Balaban J connectivity index is 1.51. The van der Waals surface area contributed by atoms with Gasteiger partial charge in [-0.1, -0.05) is 5.10 Å². The van der Waals surface area contributed by atoms with Gasteiger partial charge in [0.05, 0.1) is 13.1 Å². The lowest BCUT2D eigenvalue weighted by molar-refractivity contribution is 0.476. The van der Waals surface area contributed by atoms with Crippen molar-refractivity contribution in [2.75, 3.05) is 5.32 Å². The van der Waals surface area contributed by atoms with E-state index < -0.39 is 0 Å². The van der Waals surface area contributed by atoms with Crippen molar-refractivity contribution in [1.82, 2.24) is 15.5 Å². The van der Waals surface area contributed by atoms with E-state index in [1.165, 1.54) is 17.7 Å². The normalized spacial score (nSPS) is 14.9. The van der Waals surface area contributed by atoms with E-state index in [0.29, 0.717) is 31.0 Å². The second kappa shape index (κ2) is 5.38. The number of nitrogens with zero attached hydrogens (tertiary/aromatic N) is 2. The number of rotatable bonds is 6. The van der Waals surface area contributed by atoms with E-state index in [9.17, 15) is 0 Å². The third kappa shape index (κ3) is 3.09. The molecule has 96 valence electrons. The van der Waals surface area contributed by atoms with E-state index in [4.69, 9.17) is 4.42 Å². The van der Waals surface area contributed by atoms with Gasteiger partial charge in [-0.15, -0.1) is 16.4 Å². The van der Waals surface area contributed by atoms with Gasteiger partial charge in [0.25, 0.3) is 0 Å². The van der Waals surface area contributed by atoms with Gasteiger partial charge in [-0.2, -0.15) is 0 Å². The Bertz CT molecular complexity index is 523. The monoisotopic (exact) mass is 328 g/mol. The second-order valence-electron chi connectivity index (χ2n) is 4.20. The van der Waals surface area contributed by atoms with Crippen molar-refractivity contribution in [3.8, 4) is 0 Å². The number of thiophene rings is 1. The molecule has 0 atom stereocenters. The summed E-state index contributed by atoms with van der Waals surface area (Å²) in [7, 11) is 0. The van der Waals surface area contributed by atoms with Crippen molar-refractivity contribution >= 4 is 33.3 Å². The average Bonchev–Trinajstić information content (AvgIpc) is 2.94. The number of hydrogen-bond acceptors (Lipinski definition) is 6. The maximum absolute atomic E-state index is 5.49. The first-order chi connectivity index (χ1) is 8.81. The van der Waals surface area contributed by atoms with Crippen LogP contribution in [0, 0.1) is 0 Å². The summed E-state index contributed by atoms with van der Waals surface area (Å²) in [5.74, 6) is 0.634. The quantitative estimate of drug-likeness (QED) is 0.853. The van der Waals surface area contributed by atoms with Crippen LogP contribution in [0.5, 0.6) is 0 Å². The van der Waals surface area contributed by atoms with Crippen LogP contribution in [-0.2, 0) is 13.1 Å². The van der Waals surface area contributed by atoms with Crippen LogP contribution in [-0.4, -0.2) is 16.2 Å². The van der Waals surface area contributed by atoms with Crippen molar-refractivity contribution in [3.05, 3.63) is 26.7 Å². The molecule has 0 bridgehead atoms. The maximum atomic E-state index is 5.49. The minimum absolute atomic E-state index is 0.475. The van der Waals surface area contributed by atoms with Gasteiger partial charge in [0.15, 0.2) is 0 Å². The third-order valence-corrected chi connectivity index (χ3v) is 4.60. The Morgan fingerprint density at radius 3 is 3.00 bits per heavy atom. The molecule has 2 aromatic rings. The van der Waals surface area contributed by atoms with Crippen LogP contribution in [0.15, 0.2) is 20.3 Å². The van der Waals surface area contributed by atoms with Crippen LogP contribution < -0.4 is 10.6 Å². The van der Waals surface area contributed by atoms with E-state index in [1.54, 1.807) is 11.3 Å². The molecule has 1 aliphatic rings. The van der Waals surface area contributed by atoms with Crippen LogP contribution in [0.1, 0.15) is 23.6 Å². The molecular weight excluding hydrogens is 316 g/mol. The summed E-state index contributed by atoms with van der Waals surface area (Å²) in [6, 6.07) is 3.15. The van der Waals surface area contributed by atoms with Crippen molar-refractivity contribution in [2.24, 2.45) is 0 Å². The number of anilines is 1. The first kappa shape index (κ1) is 12.1.